The maximum Gasteiger partial charge on any atom is 0.0812 e. The van der Waals surface area contributed by atoms with Crippen molar-refractivity contribution in [3.63, 3.8) is 0 Å². The van der Waals surface area contributed by atoms with Crippen molar-refractivity contribution in [2.24, 2.45) is 10.2 Å². The molecular formula is C34H28N6. The molecule has 6 aromatic rings. The van der Waals surface area contributed by atoms with Gasteiger partial charge < -0.3 is 0 Å². The molecule has 6 heteroatoms. The van der Waals surface area contributed by atoms with E-state index in [4.69, 9.17) is 10.2 Å². The SMILES string of the molecule is CC(=N/n1c(-c2ccccc2)ccc1-c1ccccc1)/C(C)=N\n1c(-c2cccnc2)ccc1-c1cccnc1. The summed E-state index contributed by atoms with van der Waals surface area (Å²) in [5.41, 5.74) is 9.65. The highest BCUT2D eigenvalue weighted by Gasteiger charge is 2.15. The highest BCUT2D eigenvalue weighted by atomic mass is 15.4. The molecule has 0 fully saturated rings. The average molecular weight is 521 g/mol. The Kier molecular flexibility index (Phi) is 6.97. The molecule has 2 aromatic carbocycles. The van der Waals surface area contributed by atoms with E-state index in [1.807, 2.05) is 96.3 Å². The van der Waals surface area contributed by atoms with Crippen LogP contribution in [0.15, 0.2) is 144 Å². The maximum atomic E-state index is 5.12. The van der Waals surface area contributed by atoms with Crippen LogP contribution in [0.4, 0.5) is 0 Å². The summed E-state index contributed by atoms with van der Waals surface area (Å²) >= 11 is 0. The van der Waals surface area contributed by atoms with Gasteiger partial charge in [-0.2, -0.15) is 10.2 Å². The minimum atomic E-state index is 0.790. The van der Waals surface area contributed by atoms with Gasteiger partial charge in [0, 0.05) is 47.0 Å². The van der Waals surface area contributed by atoms with Crippen molar-refractivity contribution >= 4 is 11.4 Å². The highest BCUT2D eigenvalue weighted by molar-refractivity contribution is 6.40. The molecule has 0 amide bonds. The van der Waals surface area contributed by atoms with Crippen molar-refractivity contribution in [3.8, 4) is 45.0 Å². The summed E-state index contributed by atoms with van der Waals surface area (Å²) in [6.07, 6.45) is 7.25. The molecule has 0 saturated heterocycles. The van der Waals surface area contributed by atoms with Crippen LogP contribution in [0, 0.1) is 0 Å². The first-order chi connectivity index (χ1) is 19.7. The Morgan fingerprint density at radius 1 is 0.450 bits per heavy atom. The topological polar surface area (TPSA) is 60.4 Å². The zero-order chi connectivity index (χ0) is 27.3. The minimum absolute atomic E-state index is 0.790. The zero-order valence-corrected chi connectivity index (χ0v) is 22.4. The lowest BCUT2D eigenvalue weighted by Gasteiger charge is -2.12. The Morgan fingerprint density at radius 2 is 0.800 bits per heavy atom. The summed E-state index contributed by atoms with van der Waals surface area (Å²) in [6.45, 7) is 3.99. The maximum absolute atomic E-state index is 5.12. The molecule has 0 radical (unpaired) electrons. The summed E-state index contributed by atoms with van der Waals surface area (Å²) in [5, 5.41) is 10.2. The third kappa shape index (κ3) is 5.02. The van der Waals surface area contributed by atoms with Crippen molar-refractivity contribution in [3.05, 3.63) is 134 Å². The quantitative estimate of drug-likeness (QED) is 0.201. The van der Waals surface area contributed by atoms with E-state index in [1.165, 1.54) is 0 Å². The molecular weight excluding hydrogens is 492 g/mol. The van der Waals surface area contributed by atoms with Gasteiger partial charge in [0.15, 0.2) is 0 Å². The molecule has 4 aromatic heterocycles. The fraction of sp³-hybridized carbons (Fsp3) is 0.0588. The normalized spacial score (nSPS) is 12.1. The second-order valence-corrected chi connectivity index (χ2v) is 9.42. The first kappa shape index (κ1) is 24.9. The van der Waals surface area contributed by atoms with Crippen LogP contribution < -0.4 is 0 Å². The molecule has 194 valence electrons. The Labute approximate surface area is 233 Å². The van der Waals surface area contributed by atoms with Gasteiger partial charge in [-0.1, -0.05) is 60.7 Å². The number of nitrogens with zero attached hydrogens (tertiary/aromatic N) is 6. The van der Waals surface area contributed by atoms with Gasteiger partial charge in [-0.25, -0.2) is 9.35 Å². The van der Waals surface area contributed by atoms with E-state index in [1.54, 1.807) is 12.4 Å². The van der Waals surface area contributed by atoms with Crippen molar-refractivity contribution in [2.75, 3.05) is 0 Å². The van der Waals surface area contributed by atoms with E-state index < -0.39 is 0 Å². The molecule has 0 aliphatic carbocycles. The lowest BCUT2D eigenvalue weighted by Crippen LogP contribution is -2.12. The van der Waals surface area contributed by atoms with E-state index in [9.17, 15) is 0 Å². The molecule has 0 unspecified atom stereocenters. The van der Waals surface area contributed by atoms with E-state index in [0.29, 0.717) is 0 Å². The van der Waals surface area contributed by atoms with Crippen LogP contribution in [-0.2, 0) is 0 Å². The number of benzene rings is 2. The average Bonchev–Trinajstić information content (AvgIpc) is 3.63. The van der Waals surface area contributed by atoms with Crippen LogP contribution in [0.2, 0.25) is 0 Å². The van der Waals surface area contributed by atoms with Crippen LogP contribution in [-0.4, -0.2) is 30.7 Å². The summed E-state index contributed by atoms with van der Waals surface area (Å²) in [5.74, 6) is 0. The van der Waals surface area contributed by atoms with Crippen LogP contribution >= 0.6 is 0 Å². The molecule has 6 nitrogen and oxygen atoms in total. The minimum Gasteiger partial charge on any atom is -0.264 e. The lowest BCUT2D eigenvalue weighted by molar-refractivity contribution is 0.894. The molecule has 0 atom stereocenters. The highest BCUT2D eigenvalue weighted by Crippen LogP contribution is 2.30. The largest absolute Gasteiger partial charge is 0.264 e. The second-order valence-electron chi connectivity index (χ2n) is 9.42. The van der Waals surface area contributed by atoms with E-state index in [-0.39, 0.29) is 0 Å². The molecule has 0 spiro atoms. The van der Waals surface area contributed by atoms with E-state index >= 15 is 0 Å². The molecule has 0 aliphatic heterocycles. The number of hydrogen-bond acceptors (Lipinski definition) is 4. The van der Waals surface area contributed by atoms with Crippen LogP contribution in [0.5, 0.6) is 0 Å². The van der Waals surface area contributed by atoms with Crippen molar-refractivity contribution in [1.82, 2.24) is 19.3 Å². The monoisotopic (exact) mass is 520 g/mol. The number of pyridine rings is 2. The van der Waals surface area contributed by atoms with E-state index in [0.717, 1.165) is 56.5 Å². The van der Waals surface area contributed by atoms with Gasteiger partial charge in [-0.3, -0.25) is 9.97 Å². The molecule has 0 saturated carbocycles. The lowest BCUT2D eigenvalue weighted by atomic mass is 10.2. The standard InChI is InChI=1S/C34H28N6/c1-25(37-39-31(27-11-5-3-6-12-27)17-18-32(39)28-13-7-4-8-14-28)26(2)38-40-33(29-15-9-21-35-23-29)19-20-34(40)30-16-10-22-36-24-30/h3-24H,1-2H3/b37-25-,38-26-. The van der Waals surface area contributed by atoms with Gasteiger partial charge in [0.2, 0.25) is 0 Å². The third-order valence-electron chi connectivity index (χ3n) is 6.79. The van der Waals surface area contributed by atoms with Gasteiger partial charge in [-0.05, 0) is 62.4 Å². The Bertz CT molecular complexity index is 1530. The molecule has 4 heterocycles. The molecule has 6 rings (SSSR count). The zero-order valence-electron chi connectivity index (χ0n) is 22.4. The van der Waals surface area contributed by atoms with Gasteiger partial charge >= 0.3 is 0 Å². The van der Waals surface area contributed by atoms with Gasteiger partial charge in [0.05, 0.1) is 34.2 Å². The molecule has 0 N–H and O–H groups in total. The van der Waals surface area contributed by atoms with Gasteiger partial charge in [0.1, 0.15) is 0 Å². The van der Waals surface area contributed by atoms with Crippen LogP contribution in [0.25, 0.3) is 45.0 Å². The summed E-state index contributed by atoms with van der Waals surface area (Å²) in [7, 11) is 0. The first-order valence-electron chi connectivity index (χ1n) is 13.2. The van der Waals surface area contributed by atoms with Gasteiger partial charge in [-0.15, -0.1) is 0 Å². The predicted octanol–water partition coefficient (Wildman–Crippen LogP) is 7.90. The Morgan fingerprint density at radius 3 is 1.15 bits per heavy atom. The molecule has 40 heavy (non-hydrogen) atoms. The van der Waals surface area contributed by atoms with Crippen LogP contribution in [0.3, 0.4) is 0 Å². The van der Waals surface area contributed by atoms with Crippen molar-refractivity contribution in [2.45, 2.75) is 13.8 Å². The third-order valence-corrected chi connectivity index (χ3v) is 6.79. The second kappa shape index (κ2) is 11.2. The summed E-state index contributed by atoms with van der Waals surface area (Å²) in [4.78, 5) is 8.65. The van der Waals surface area contributed by atoms with Gasteiger partial charge in [0.25, 0.3) is 0 Å². The Balaban J connectivity index is 1.48. The first-order valence-corrected chi connectivity index (χ1v) is 13.2. The molecule has 0 bridgehead atoms. The predicted molar refractivity (Wildman–Crippen MR) is 163 cm³/mol. The number of aromatic nitrogens is 4. The molecule has 0 aliphatic rings. The summed E-state index contributed by atoms with van der Waals surface area (Å²) in [6, 6.07) is 37.0. The number of rotatable bonds is 7. The number of hydrogen-bond donors (Lipinski definition) is 0. The van der Waals surface area contributed by atoms with Crippen molar-refractivity contribution < 1.29 is 0 Å². The fourth-order valence-corrected chi connectivity index (χ4v) is 4.64. The smallest absolute Gasteiger partial charge is 0.0812 e. The Hall–Kier alpha value is -5.36. The summed E-state index contributed by atoms with van der Waals surface area (Å²) < 4.78 is 3.97. The van der Waals surface area contributed by atoms with Crippen LogP contribution in [0.1, 0.15) is 13.8 Å². The van der Waals surface area contributed by atoms with Crippen molar-refractivity contribution in [1.29, 1.82) is 0 Å². The van der Waals surface area contributed by atoms with E-state index in [2.05, 4.69) is 58.5 Å². The fourth-order valence-electron chi connectivity index (χ4n) is 4.64.